The quantitative estimate of drug-likeness (QED) is 0.864. The number of carbonyl (C=O) groups excluding carboxylic acids is 2. The van der Waals surface area contributed by atoms with E-state index in [2.05, 4.69) is 5.32 Å². The Bertz CT molecular complexity index is 567. The normalized spacial score (nSPS) is 17.1. The third-order valence-electron chi connectivity index (χ3n) is 4.31. The van der Waals surface area contributed by atoms with Crippen molar-refractivity contribution in [1.29, 1.82) is 0 Å². The highest BCUT2D eigenvalue weighted by Gasteiger charge is 2.29. The van der Waals surface area contributed by atoms with Crippen LogP contribution in [0, 0.1) is 0 Å². The topological polar surface area (TPSA) is 69.6 Å². The first kappa shape index (κ1) is 14.1. The molecule has 1 aromatic carbocycles. The van der Waals surface area contributed by atoms with Crippen LogP contribution >= 0.6 is 0 Å². The second-order valence-electron chi connectivity index (χ2n) is 5.76. The van der Waals surface area contributed by atoms with Crippen molar-refractivity contribution in [3.8, 4) is 0 Å². The lowest BCUT2D eigenvalue weighted by Gasteiger charge is -2.37. The first-order valence-electron chi connectivity index (χ1n) is 7.53. The molecule has 0 atom stereocenters. The van der Waals surface area contributed by atoms with Crippen LogP contribution in [0.25, 0.3) is 0 Å². The summed E-state index contributed by atoms with van der Waals surface area (Å²) in [7, 11) is 0. The number of anilines is 1. The monoisotopic (exact) mass is 288 g/mol. The number of aliphatic hydroxyl groups is 1. The summed E-state index contributed by atoms with van der Waals surface area (Å²) in [4.78, 5) is 26.0. The number of hydrogen-bond acceptors (Lipinski definition) is 3. The first-order chi connectivity index (χ1) is 10.2. The van der Waals surface area contributed by atoms with Gasteiger partial charge >= 0.3 is 0 Å². The van der Waals surface area contributed by atoms with E-state index in [4.69, 9.17) is 5.11 Å². The minimum atomic E-state index is -0.0225. The molecule has 1 aromatic rings. The van der Waals surface area contributed by atoms with Gasteiger partial charge in [-0.2, -0.15) is 0 Å². The highest BCUT2D eigenvalue weighted by atomic mass is 16.3. The van der Waals surface area contributed by atoms with Crippen molar-refractivity contribution in [1.82, 2.24) is 4.90 Å². The molecule has 1 heterocycles. The Balaban J connectivity index is 1.79. The number of nitrogens with zero attached hydrogens (tertiary/aromatic N) is 1. The Hall–Kier alpha value is -1.88. The van der Waals surface area contributed by atoms with Gasteiger partial charge in [0, 0.05) is 30.4 Å². The number of amides is 2. The number of hydrogen-bond donors (Lipinski definition) is 2. The van der Waals surface area contributed by atoms with Crippen LogP contribution in [0.3, 0.4) is 0 Å². The molecule has 1 aliphatic heterocycles. The second-order valence-corrected chi connectivity index (χ2v) is 5.76. The Morgan fingerprint density at radius 3 is 2.86 bits per heavy atom. The fraction of sp³-hybridized carbons (Fsp3) is 0.500. The zero-order chi connectivity index (χ0) is 14.8. The lowest BCUT2D eigenvalue weighted by Crippen LogP contribution is -2.45. The Morgan fingerprint density at radius 1 is 1.38 bits per heavy atom. The van der Waals surface area contributed by atoms with Crippen molar-refractivity contribution < 1.29 is 14.7 Å². The Kier molecular flexibility index (Phi) is 3.92. The van der Waals surface area contributed by atoms with E-state index in [9.17, 15) is 9.59 Å². The SMILES string of the molecule is O=C1Cc2cc(C(=O)N(CCCO)C3CCC3)ccc2N1. The van der Waals surface area contributed by atoms with E-state index >= 15 is 0 Å². The van der Waals surface area contributed by atoms with Crippen molar-refractivity contribution in [3.05, 3.63) is 29.3 Å². The van der Waals surface area contributed by atoms with Gasteiger partial charge in [-0.3, -0.25) is 9.59 Å². The van der Waals surface area contributed by atoms with Crippen molar-refractivity contribution in [2.45, 2.75) is 38.1 Å². The summed E-state index contributed by atoms with van der Waals surface area (Å²) < 4.78 is 0. The summed E-state index contributed by atoms with van der Waals surface area (Å²) >= 11 is 0. The second kappa shape index (κ2) is 5.85. The molecule has 0 bridgehead atoms. The Labute approximate surface area is 123 Å². The van der Waals surface area contributed by atoms with E-state index in [1.54, 1.807) is 12.1 Å². The third kappa shape index (κ3) is 2.78. The number of carbonyl (C=O) groups is 2. The van der Waals surface area contributed by atoms with Crippen LogP contribution in [0.5, 0.6) is 0 Å². The largest absolute Gasteiger partial charge is 0.396 e. The summed E-state index contributed by atoms with van der Waals surface area (Å²) in [5.41, 5.74) is 2.33. The number of benzene rings is 1. The maximum atomic E-state index is 12.7. The summed E-state index contributed by atoms with van der Waals surface area (Å²) in [6, 6.07) is 5.70. The van der Waals surface area contributed by atoms with Crippen LogP contribution in [-0.4, -0.2) is 41.0 Å². The maximum Gasteiger partial charge on any atom is 0.254 e. The highest BCUT2D eigenvalue weighted by molar-refractivity contribution is 6.01. The molecule has 0 unspecified atom stereocenters. The van der Waals surface area contributed by atoms with Crippen molar-refractivity contribution in [3.63, 3.8) is 0 Å². The minimum absolute atomic E-state index is 0.00954. The molecule has 2 N–H and O–H groups in total. The zero-order valence-corrected chi connectivity index (χ0v) is 12.0. The average molecular weight is 288 g/mol. The highest BCUT2D eigenvalue weighted by Crippen LogP contribution is 2.28. The van der Waals surface area contributed by atoms with Crippen molar-refractivity contribution >= 4 is 17.5 Å². The molecular weight excluding hydrogens is 268 g/mol. The van der Waals surface area contributed by atoms with Crippen LogP contribution in [0.2, 0.25) is 0 Å². The molecule has 0 spiro atoms. The molecule has 1 fully saturated rings. The molecule has 2 amide bonds. The fourth-order valence-corrected chi connectivity index (χ4v) is 2.92. The predicted molar refractivity (Wildman–Crippen MR) is 79.2 cm³/mol. The maximum absolute atomic E-state index is 12.7. The molecule has 0 radical (unpaired) electrons. The molecule has 0 saturated heterocycles. The van der Waals surface area contributed by atoms with Gasteiger partial charge in [-0.1, -0.05) is 0 Å². The molecular formula is C16H20N2O3. The smallest absolute Gasteiger partial charge is 0.254 e. The Morgan fingerprint density at radius 2 is 2.19 bits per heavy atom. The van der Waals surface area contributed by atoms with Crippen LogP contribution in [0.4, 0.5) is 5.69 Å². The number of rotatable bonds is 5. The van der Waals surface area contributed by atoms with E-state index in [1.165, 1.54) is 0 Å². The van der Waals surface area contributed by atoms with Crippen LogP contribution in [-0.2, 0) is 11.2 Å². The average Bonchev–Trinajstić information content (AvgIpc) is 2.79. The summed E-state index contributed by atoms with van der Waals surface area (Å²) in [5, 5.41) is 11.8. The van der Waals surface area contributed by atoms with Gasteiger partial charge in [-0.15, -0.1) is 0 Å². The molecule has 5 heteroatoms. The van der Waals surface area contributed by atoms with Gasteiger partial charge in [-0.25, -0.2) is 0 Å². The number of fused-ring (bicyclic) bond motifs is 1. The summed E-state index contributed by atoms with van der Waals surface area (Å²) in [5.74, 6) is -0.0129. The third-order valence-corrected chi connectivity index (χ3v) is 4.31. The van der Waals surface area contributed by atoms with E-state index in [-0.39, 0.29) is 18.4 Å². The molecule has 0 aromatic heterocycles. The molecule has 5 nitrogen and oxygen atoms in total. The van der Waals surface area contributed by atoms with Gasteiger partial charge in [0.25, 0.3) is 5.91 Å². The number of nitrogens with one attached hydrogen (secondary N) is 1. The van der Waals surface area contributed by atoms with E-state index in [0.29, 0.717) is 31.0 Å². The van der Waals surface area contributed by atoms with Gasteiger partial charge < -0.3 is 15.3 Å². The number of aliphatic hydroxyl groups excluding tert-OH is 1. The van der Waals surface area contributed by atoms with Gasteiger partial charge in [0.2, 0.25) is 5.91 Å². The first-order valence-corrected chi connectivity index (χ1v) is 7.53. The van der Waals surface area contributed by atoms with Crippen molar-refractivity contribution in [2.24, 2.45) is 0 Å². The van der Waals surface area contributed by atoms with Gasteiger partial charge in [0.15, 0.2) is 0 Å². The minimum Gasteiger partial charge on any atom is -0.396 e. The molecule has 3 rings (SSSR count). The van der Waals surface area contributed by atoms with Crippen LogP contribution < -0.4 is 5.32 Å². The molecule has 1 saturated carbocycles. The van der Waals surface area contributed by atoms with Gasteiger partial charge in [-0.05, 0) is 49.4 Å². The molecule has 112 valence electrons. The van der Waals surface area contributed by atoms with E-state index in [0.717, 1.165) is 30.5 Å². The van der Waals surface area contributed by atoms with Crippen molar-refractivity contribution in [2.75, 3.05) is 18.5 Å². The standard InChI is InChI=1S/C16H20N2O3/c19-8-2-7-18(13-3-1-4-13)16(21)11-5-6-14-12(9-11)10-15(20)17-14/h5-6,9,13,19H,1-4,7-8,10H2,(H,17,20). The lowest BCUT2D eigenvalue weighted by molar-refractivity contribution is -0.115. The molecule has 1 aliphatic carbocycles. The van der Waals surface area contributed by atoms with E-state index in [1.807, 2.05) is 11.0 Å². The zero-order valence-electron chi connectivity index (χ0n) is 12.0. The predicted octanol–water partition coefficient (Wildman–Crippen LogP) is 1.56. The molecule has 21 heavy (non-hydrogen) atoms. The van der Waals surface area contributed by atoms with E-state index < -0.39 is 0 Å². The lowest BCUT2D eigenvalue weighted by atomic mass is 9.90. The van der Waals surface area contributed by atoms with Gasteiger partial charge in [0.1, 0.15) is 0 Å². The molecule has 2 aliphatic rings. The van der Waals surface area contributed by atoms with Gasteiger partial charge in [0.05, 0.1) is 6.42 Å². The van der Waals surface area contributed by atoms with Crippen LogP contribution in [0.1, 0.15) is 41.6 Å². The fourth-order valence-electron chi connectivity index (χ4n) is 2.92. The summed E-state index contributed by atoms with van der Waals surface area (Å²) in [6.07, 6.45) is 4.20. The summed E-state index contributed by atoms with van der Waals surface area (Å²) in [6.45, 7) is 0.688. The van der Waals surface area contributed by atoms with Crippen LogP contribution in [0.15, 0.2) is 18.2 Å².